The van der Waals surface area contributed by atoms with Crippen LogP contribution in [0.5, 0.6) is 0 Å². The smallest absolute Gasteiger partial charge is 0.257 e. The minimum atomic E-state index is -0.350. The average molecular weight is 249 g/mol. The number of pyridine rings is 2. The Bertz CT molecular complexity index is 544. The van der Waals surface area contributed by atoms with E-state index < -0.39 is 0 Å². The lowest BCUT2D eigenvalue weighted by Gasteiger charge is -2.06. The normalized spacial score (nSPS) is 9.94. The van der Waals surface area contributed by atoms with Gasteiger partial charge in [0.05, 0.1) is 22.5 Å². The monoisotopic (exact) mass is 248 g/mol. The molecular formula is C11H9ClN4O. The van der Waals surface area contributed by atoms with E-state index in [0.29, 0.717) is 5.69 Å². The number of rotatable bonds is 2. The van der Waals surface area contributed by atoms with Gasteiger partial charge in [-0.05, 0) is 18.2 Å². The summed E-state index contributed by atoms with van der Waals surface area (Å²) in [6.07, 6.45) is 4.50. The zero-order valence-corrected chi connectivity index (χ0v) is 9.48. The third kappa shape index (κ3) is 2.70. The predicted molar refractivity (Wildman–Crippen MR) is 65.8 cm³/mol. The molecule has 0 aliphatic rings. The van der Waals surface area contributed by atoms with E-state index in [1.54, 1.807) is 18.3 Å². The lowest BCUT2D eigenvalue weighted by atomic mass is 10.2. The summed E-state index contributed by atoms with van der Waals surface area (Å²) in [5.74, 6) is -0.108. The number of nitrogen functional groups attached to an aromatic ring is 1. The standard InChI is InChI=1S/C11H9ClN4O/c12-9-6-15-10(13)4-8(9)11(17)16-7-2-1-3-14-5-7/h1-6H,(H2,13,15)(H,16,17). The molecule has 0 bridgehead atoms. The Morgan fingerprint density at radius 2 is 2.24 bits per heavy atom. The molecule has 2 aromatic rings. The van der Waals surface area contributed by atoms with Gasteiger partial charge in [0.2, 0.25) is 0 Å². The summed E-state index contributed by atoms with van der Waals surface area (Å²) in [7, 11) is 0. The zero-order chi connectivity index (χ0) is 12.3. The fraction of sp³-hybridized carbons (Fsp3) is 0. The second kappa shape index (κ2) is 4.80. The summed E-state index contributed by atoms with van der Waals surface area (Å²) in [5, 5.41) is 2.91. The fourth-order valence-corrected chi connectivity index (χ4v) is 1.45. The molecule has 0 aliphatic heterocycles. The first-order chi connectivity index (χ1) is 8.16. The highest BCUT2D eigenvalue weighted by Crippen LogP contribution is 2.18. The molecule has 0 aromatic carbocycles. The topological polar surface area (TPSA) is 80.9 Å². The number of carbonyl (C=O) groups is 1. The Balaban J connectivity index is 2.23. The molecule has 0 radical (unpaired) electrons. The average Bonchev–Trinajstić information content (AvgIpc) is 2.33. The summed E-state index contributed by atoms with van der Waals surface area (Å²) in [6.45, 7) is 0. The summed E-state index contributed by atoms with van der Waals surface area (Å²) in [5.41, 5.74) is 6.36. The third-order valence-corrected chi connectivity index (χ3v) is 2.34. The van der Waals surface area contributed by atoms with Crippen molar-refractivity contribution in [3.8, 4) is 0 Å². The molecule has 2 heterocycles. The number of nitrogens with two attached hydrogens (primary N) is 1. The molecule has 0 unspecified atom stereocenters. The van der Waals surface area contributed by atoms with Crippen molar-refractivity contribution in [2.75, 3.05) is 11.1 Å². The van der Waals surface area contributed by atoms with Gasteiger partial charge >= 0.3 is 0 Å². The maximum absolute atomic E-state index is 11.9. The van der Waals surface area contributed by atoms with Gasteiger partial charge in [-0.1, -0.05) is 11.6 Å². The Morgan fingerprint density at radius 1 is 1.41 bits per heavy atom. The maximum Gasteiger partial charge on any atom is 0.257 e. The van der Waals surface area contributed by atoms with Crippen LogP contribution < -0.4 is 11.1 Å². The second-order valence-electron chi connectivity index (χ2n) is 3.28. The van der Waals surface area contributed by atoms with E-state index in [1.807, 2.05) is 0 Å². The van der Waals surface area contributed by atoms with Crippen LogP contribution in [0.2, 0.25) is 5.02 Å². The van der Waals surface area contributed by atoms with Crippen molar-refractivity contribution in [2.24, 2.45) is 0 Å². The van der Waals surface area contributed by atoms with Gasteiger partial charge in [0.25, 0.3) is 5.91 Å². The van der Waals surface area contributed by atoms with Crippen LogP contribution in [0.4, 0.5) is 11.5 Å². The Morgan fingerprint density at radius 3 is 2.94 bits per heavy atom. The molecule has 0 saturated carbocycles. The van der Waals surface area contributed by atoms with E-state index in [9.17, 15) is 4.79 Å². The number of carbonyl (C=O) groups excluding carboxylic acids is 1. The van der Waals surface area contributed by atoms with Gasteiger partial charge in [-0.25, -0.2) is 4.98 Å². The van der Waals surface area contributed by atoms with Crippen molar-refractivity contribution < 1.29 is 4.79 Å². The van der Waals surface area contributed by atoms with E-state index in [-0.39, 0.29) is 22.3 Å². The minimum Gasteiger partial charge on any atom is -0.384 e. The number of halogens is 1. The van der Waals surface area contributed by atoms with E-state index in [2.05, 4.69) is 15.3 Å². The van der Waals surface area contributed by atoms with Crippen molar-refractivity contribution in [3.05, 3.63) is 47.4 Å². The molecule has 0 aliphatic carbocycles. The zero-order valence-electron chi connectivity index (χ0n) is 8.72. The van der Waals surface area contributed by atoms with Gasteiger partial charge in [-0.15, -0.1) is 0 Å². The molecule has 0 atom stereocenters. The number of nitrogens with one attached hydrogen (secondary N) is 1. The molecule has 0 spiro atoms. The van der Waals surface area contributed by atoms with Crippen LogP contribution in [-0.2, 0) is 0 Å². The second-order valence-corrected chi connectivity index (χ2v) is 3.69. The molecule has 6 heteroatoms. The van der Waals surface area contributed by atoms with Crippen molar-refractivity contribution in [1.29, 1.82) is 0 Å². The number of hydrogen-bond donors (Lipinski definition) is 2. The molecule has 1 amide bonds. The summed E-state index contributed by atoms with van der Waals surface area (Å²) in [6, 6.07) is 4.87. The molecule has 0 saturated heterocycles. The number of nitrogens with zero attached hydrogens (tertiary/aromatic N) is 2. The maximum atomic E-state index is 11.9. The molecule has 0 fully saturated rings. The van der Waals surface area contributed by atoms with Crippen LogP contribution in [-0.4, -0.2) is 15.9 Å². The van der Waals surface area contributed by atoms with E-state index in [4.69, 9.17) is 17.3 Å². The number of amides is 1. The quantitative estimate of drug-likeness (QED) is 0.851. The molecule has 5 nitrogen and oxygen atoms in total. The summed E-state index contributed by atoms with van der Waals surface area (Å²) >= 11 is 5.86. The van der Waals surface area contributed by atoms with Crippen LogP contribution in [0.15, 0.2) is 36.8 Å². The molecule has 2 rings (SSSR count). The molecule has 17 heavy (non-hydrogen) atoms. The first-order valence-corrected chi connectivity index (χ1v) is 5.17. The lowest BCUT2D eigenvalue weighted by Crippen LogP contribution is -2.13. The van der Waals surface area contributed by atoms with Crippen LogP contribution in [0.25, 0.3) is 0 Å². The first-order valence-electron chi connectivity index (χ1n) is 4.79. The summed E-state index contributed by atoms with van der Waals surface area (Å²) < 4.78 is 0. The lowest BCUT2D eigenvalue weighted by molar-refractivity contribution is 0.102. The van der Waals surface area contributed by atoms with Crippen molar-refractivity contribution in [2.45, 2.75) is 0 Å². The molecule has 86 valence electrons. The van der Waals surface area contributed by atoms with E-state index in [1.165, 1.54) is 18.5 Å². The van der Waals surface area contributed by atoms with Gasteiger partial charge in [0, 0.05) is 12.4 Å². The van der Waals surface area contributed by atoms with E-state index in [0.717, 1.165) is 0 Å². The largest absolute Gasteiger partial charge is 0.384 e. The highest BCUT2D eigenvalue weighted by Gasteiger charge is 2.11. The van der Waals surface area contributed by atoms with Gasteiger partial charge in [-0.3, -0.25) is 9.78 Å². The van der Waals surface area contributed by atoms with Crippen LogP contribution in [0, 0.1) is 0 Å². The van der Waals surface area contributed by atoms with Gasteiger partial charge in [0.15, 0.2) is 0 Å². The molecule has 2 aromatic heterocycles. The number of hydrogen-bond acceptors (Lipinski definition) is 4. The first kappa shape index (κ1) is 11.3. The van der Waals surface area contributed by atoms with Crippen molar-refractivity contribution in [1.82, 2.24) is 9.97 Å². The fourth-order valence-electron chi connectivity index (χ4n) is 1.26. The minimum absolute atomic E-state index is 0.241. The highest BCUT2D eigenvalue weighted by atomic mass is 35.5. The summed E-state index contributed by atoms with van der Waals surface area (Å²) in [4.78, 5) is 19.5. The van der Waals surface area contributed by atoms with Crippen LogP contribution >= 0.6 is 11.6 Å². The van der Waals surface area contributed by atoms with Gasteiger partial charge in [-0.2, -0.15) is 0 Å². The predicted octanol–water partition coefficient (Wildman–Crippen LogP) is 1.96. The van der Waals surface area contributed by atoms with Gasteiger partial charge < -0.3 is 11.1 Å². The Hall–Kier alpha value is -2.14. The van der Waals surface area contributed by atoms with Crippen molar-refractivity contribution >= 4 is 29.0 Å². The van der Waals surface area contributed by atoms with E-state index >= 15 is 0 Å². The van der Waals surface area contributed by atoms with Gasteiger partial charge in [0.1, 0.15) is 5.82 Å². The molecule has 3 N–H and O–H groups in total. The SMILES string of the molecule is Nc1cc(C(=O)Nc2cccnc2)c(Cl)cn1. The Kier molecular flexibility index (Phi) is 3.20. The van der Waals surface area contributed by atoms with Crippen LogP contribution in [0.1, 0.15) is 10.4 Å². The van der Waals surface area contributed by atoms with Crippen LogP contribution in [0.3, 0.4) is 0 Å². The molecular weight excluding hydrogens is 240 g/mol. The highest BCUT2D eigenvalue weighted by molar-refractivity contribution is 6.34. The number of aromatic nitrogens is 2. The Labute approximate surface area is 103 Å². The number of anilines is 2. The third-order valence-electron chi connectivity index (χ3n) is 2.04. The van der Waals surface area contributed by atoms with Crippen molar-refractivity contribution in [3.63, 3.8) is 0 Å².